The van der Waals surface area contributed by atoms with Crippen LogP contribution >= 0.6 is 0 Å². The first-order valence-electron chi connectivity index (χ1n) is 16.3. The summed E-state index contributed by atoms with van der Waals surface area (Å²) in [7, 11) is 0. The third-order valence-corrected chi connectivity index (χ3v) is 10.2. The van der Waals surface area contributed by atoms with Gasteiger partial charge in [-0.05, 0) is 121 Å². The molecular weight excluding hydrogens is 574 g/mol. The summed E-state index contributed by atoms with van der Waals surface area (Å²) in [5, 5.41) is 7.32. The van der Waals surface area contributed by atoms with Gasteiger partial charge in [-0.2, -0.15) is 5.26 Å². The third-order valence-electron chi connectivity index (χ3n) is 10.2. The number of nitriles is 1. The molecule has 0 amide bonds. The molecule has 248 valence electrons. The van der Waals surface area contributed by atoms with Crippen molar-refractivity contribution in [2.75, 3.05) is 6.61 Å². The van der Waals surface area contributed by atoms with E-state index in [9.17, 15) is 19.2 Å². The molecule has 45 heavy (non-hydrogen) atoms. The standard InChI is InChI=1S/C15H22O2.C11H16O2.C8H10O4.C2H3N/c1-9(2)14(16)17-15(3)12-5-10-4-11(7-12)8-13(15)6-10;1-7(2)11(12)13-10-6-8-3-4-9(10)5-8;1-5(2)7(9)12-6-3-4-11-8(6)10;1-2-3/h10-13H,1,4-8H2,2-3H3;8-10H,1,3-6H2,2H3;6H,1,3-4H2,2H3;1H3. The van der Waals surface area contributed by atoms with E-state index < -0.39 is 18.0 Å². The molecule has 4 unspecified atom stereocenters. The van der Waals surface area contributed by atoms with Crippen molar-refractivity contribution in [1.29, 1.82) is 5.26 Å². The van der Waals surface area contributed by atoms with E-state index in [4.69, 9.17) is 19.5 Å². The highest BCUT2D eigenvalue weighted by atomic mass is 16.6. The fourth-order valence-corrected chi connectivity index (χ4v) is 7.96. The van der Waals surface area contributed by atoms with Gasteiger partial charge < -0.3 is 18.9 Å². The second-order valence-electron chi connectivity index (χ2n) is 13.9. The molecule has 0 radical (unpaired) electrons. The lowest BCUT2D eigenvalue weighted by Crippen LogP contribution is -2.58. The van der Waals surface area contributed by atoms with E-state index in [1.807, 2.05) is 0 Å². The molecule has 6 saturated carbocycles. The van der Waals surface area contributed by atoms with Crippen LogP contribution in [0.3, 0.4) is 0 Å². The van der Waals surface area contributed by atoms with Gasteiger partial charge in [0.2, 0.25) is 6.10 Å². The van der Waals surface area contributed by atoms with Crippen LogP contribution in [-0.2, 0) is 38.1 Å². The van der Waals surface area contributed by atoms with Crippen LogP contribution in [-0.4, -0.2) is 48.3 Å². The van der Waals surface area contributed by atoms with Gasteiger partial charge in [0.05, 0.1) is 12.7 Å². The van der Waals surface area contributed by atoms with Crippen LogP contribution in [0.15, 0.2) is 36.5 Å². The van der Waals surface area contributed by atoms with Gasteiger partial charge in [-0.3, -0.25) is 0 Å². The minimum Gasteiger partial charge on any atom is -0.463 e. The number of cyclic esters (lactones) is 1. The minimum atomic E-state index is -0.728. The SMILES string of the molecule is C=C(C)C(=O)OC1(C)C2CC3CC(C2)CC1C3.C=C(C)C(=O)OC1CC2CCC1C2.C=C(C)C(=O)OC1CCOC1=O.CC#N. The number of ether oxygens (including phenoxy) is 4. The predicted molar refractivity (Wildman–Crippen MR) is 168 cm³/mol. The summed E-state index contributed by atoms with van der Waals surface area (Å²) in [4.78, 5) is 44.8. The first kappa shape index (κ1) is 36.1. The molecule has 0 aromatic rings. The highest BCUT2D eigenvalue weighted by molar-refractivity contribution is 5.90. The maximum Gasteiger partial charge on any atom is 0.347 e. The lowest BCUT2D eigenvalue weighted by Gasteiger charge is -2.59. The molecule has 0 N–H and O–H groups in total. The molecule has 9 nitrogen and oxygen atoms in total. The molecule has 1 saturated heterocycles. The highest BCUT2D eigenvalue weighted by Crippen LogP contribution is 2.59. The Bertz CT molecular complexity index is 1180. The summed E-state index contributed by atoms with van der Waals surface area (Å²) in [5.41, 5.74) is 1.13. The van der Waals surface area contributed by atoms with E-state index in [0.29, 0.717) is 41.9 Å². The molecule has 6 aliphatic carbocycles. The molecule has 0 aromatic heterocycles. The van der Waals surface area contributed by atoms with Gasteiger partial charge in [-0.25, -0.2) is 19.2 Å². The average molecular weight is 626 g/mol. The second kappa shape index (κ2) is 15.7. The first-order valence-corrected chi connectivity index (χ1v) is 16.3. The van der Waals surface area contributed by atoms with Gasteiger partial charge in [0, 0.05) is 30.1 Å². The van der Waals surface area contributed by atoms with Crippen LogP contribution in [0.5, 0.6) is 0 Å². The summed E-state index contributed by atoms with van der Waals surface area (Å²) in [5.74, 6) is 3.08. The molecule has 7 aliphatic rings. The van der Waals surface area contributed by atoms with E-state index in [2.05, 4.69) is 31.4 Å². The molecule has 6 bridgehead atoms. The lowest BCUT2D eigenvalue weighted by atomic mass is 9.50. The maximum absolute atomic E-state index is 11.8. The Labute approximate surface area is 268 Å². The number of hydrogen-bond acceptors (Lipinski definition) is 9. The Morgan fingerprint density at radius 2 is 1.29 bits per heavy atom. The van der Waals surface area contributed by atoms with Crippen LogP contribution < -0.4 is 0 Å². The zero-order valence-corrected chi connectivity index (χ0v) is 27.7. The quantitative estimate of drug-likeness (QED) is 0.183. The van der Waals surface area contributed by atoms with Crippen molar-refractivity contribution in [3.63, 3.8) is 0 Å². The minimum absolute atomic E-state index is 0.194. The Balaban J connectivity index is 0.000000179. The molecule has 7 fully saturated rings. The molecule has 4 atom stereocenters. The lowest BCUT2D eigenvalue weighted by molar-refractivity contribution is -0.199. The summed E-state index contributed by atoms with van der Waals surface area (Å²) >= 11 is 0. The smallest absolute Gasteiger partial charge is 0.347 e. The summed E-state index contributed by atoms with van der Waals surface area (Å²) in [6, 6.07) is 1.75. The van der Waals surface area contributed by atoms with Crippen LogP contribution in [0.1, 0.15) is 98.8 Å². The summed E-state index contributed by atoms with van der Waals surface area (Å²) in [6.45, 7) is 19.6. The Morgan fingerprint density at radius 1 is 0.778 bits per heavy atom. The third kappa shape index (κ3) is 9.31. The number of carbonyl (C=O) groups is 4. The van der Waals surface area contributed by atoms with Crippen molar-refractivity contribution in [2.45, 2.75) is 117 Å². The van der Waals surface area contributed by atoms with Gasteiger partial charge >= 0.3 is 23.9 Å². The Morgan fingerprint density at radius 3 is 1.69 bits per heavy atom. The largest absolute Gasteiger partial charge is 0.463 e. The molecular formula is C36H51NO8. The molecule has 9 heteroatoms. The fourth-order valence-electron chi connectivity index (χ4n) is 7.96. The molecule has 0 aromatic carbocycles. The van der Waals surface area contributed by atoms with Crippen molar-refractivity contribution in [3.8, 4) is 6.07 Å². The van der Waals surface area contributed by atoms with Crippen LogP contribution in [0.25, 0.3) is 0 Å². The van der Waals surface area contributed by atoms with Crippen molar-refractivity contribution < 1.29 is 38.1 Å². The number of fused-ring (bicyclic) bond motifs is 2. The number of rotatable bonds is 6. The van der Waals surface area contributed by atoms with Crippen molar-refractivity contribution in [2.24, 2.45) is 35.5 Å². The summed E-state index contributed by atoms with van der Waals surface area (Å²) in [6.07, 6.45) is 11.4. The second-order valence-corrected chi connectivity index (χ2v) is 13.9. The van der Waals surface area contributed by atoms with Gasteiger partial charge in [0.15, 0.2) is 0 Å². The van der Waals surface area contributed by atoms with Gasteiger partial charge in [-0.15, -0.1) is 0 Å². The summed E-state index contributed by atoms with van der Waals surface area (Å²) < 4.78 is 20.6. The number of hydrogen-bond donors (Lipinski definition) is 0. The van der Waals surface area contributed by atoms with E-state index in [1.54, 1.807) is 19.9 Å². The van der Waals surface area contributed by atoms with Crippen LogP contribution in [0.4, 0.5) is 0 Å². The highest BCUT2D eigenvalue weighted by Gasteiger charge is 2.57. The predicted octanol–water partition coefficient (Wildman–Crippen LogP) is 6.57. The van der Waals surface area contributed by atoms with E-state index >= 15 is 0 Å². The van der Waals surface area contributed by atoms with Gasteiger partial charge in [0.25, 0.3) is 0 Å². The molecule has 1 aliphatic heterocycles. The van der Waals surface area contributed by atoms with Gasteiger partial charge in [0.1, 0.15) is 11.7 Å². The Hall–Kier alpha value is -3.41. The fraction of sp³-hybridized carbons (Fsp3) is 0.694. The average Bonchev–Trinajstić information content (AvgIpc) is 3.70. The monoisotopic (exact) mass is 625 g/mol. The molecule has 7 rings (SSSR count). The molecule has 0 spiro atoms. The maximum atomic E-state index is 11.8. The van der Waals surface area contributed by atoms with E-state index in [1.165, 1.54) is 65.2 Å². The topological polar surface area (TPSA) is 129 Å². The molecule has 1 heterocycles. The van der Waals surface area contributed by atoms with Crippen LogP contribution in [0.2, 0.25) is 0 Å². The zero-order valence-electron chi connectivity index (χ0n) is 27.7. The van der Waals surface area contributed by atoms with E-state index in [-0.39, 0.29) is 29.2 Å². The first-order chi connectivity index (χ1) is 21.2. The van der Waals surface area contributed by atoms with Crippen molar-refractivity contribution >= 4 is 23.9 Å². The van der Waals surface area contributed by atoms with E-state index in [0.717, 1.165) is 24.2 Å². The number of nitrogens with zero attached hydrogens (tertiary/aromatic N) is 1. The van der Waals surface area contributed by atoms with Gasteiger partial charge in [-0.1, -0.05) is 19.7 Å². The zero-order chi connectivity index (χ0) is 33.5. The van der Waals surface area contributed by atoms with Crippen molar-refractivity contribution in [3.05, 3.63) is 36.5 Å². The van der Waals surface area contributed by atoms with Crippen LogP contribution in [0, 0.1) is 46.8 Å². The Kier molecular flexibility index (Phi) is 12.6. The number of carbonyl (C=O) groups excluding carboxylic acids is 4. The number of esters is 4. The normalized spacial score (nSPS) is 34.2. The van der Waals surface area contributed by atoms with Crippen molar-refractivity contribution in [1.82, 2.24) is 0 Å².